The molecular formula is C21H19F2N5O2. The molecule has 3 heterocycles. The lowest BCUT2D eigenvalue weighted by molar-refractivity contribution is -0.115. The molecular weight excluding hydrogens is 392 g/mol. The molecule has 1 aromatic carbocycles. The lowest BCUT2D eigenvalue weighted by Gasteiger charge is -2.33. The van der Waals surface area contributed by atoms with E-state index in [9.17, 15) is 13.6 Å². The van der Waals surface area contributed by atoms with Crippen molar-refractivity contribution >= 4 is 29.1 Å². The quantitative estimate of drug-likeness (QED) is 0.772. The van der Waals surface area contributed by atoms with Gasteiger partial charge in [-0.1, -0.05) is 12.1 Å². The van der Waals surface area contributed by atoms with E-state index in [2.05, 4.69) is 15.0 Å². The van der Waals surface area contributed by atoms with Crippen molar-refractivity contribution in [1.29, 1.82) is 0 Å². The maximum absolute atomic E-state index is 13.3. The van der Waals surface area contributed by atoms with E-state index < -0.39 is 11.6 Å². The Bertz CT molecular complexity index is 1090. The first-order chi connectivity index (χ1) is 14.5. The van der Waals surface area contributed by atoms with Crippen LogP contribution in [0.2, 0.25) is 0 Å². The van der Waals surface area contributed by atoms with Crippen LogP contribution in [0.1, 0.15) is 24.8 Å². The number of halogens is 2. The van der Waals surface area contributed by atoms with Gasteiger partial charge in [0.1, 0.15) is 11.4 Å². The SMILES string of the molecule is CN1C(=O)C2=CCCN2c2nc(N=C3CC(OCc4ccc(F)c(F)c4)C3)ncc21. The predicted molar refractivity (Wildman–Crippen MR) is 107 cm³/mol. The number of nitrogens with zero attached hydrogens (tertiary/aromatic N) is 5. The van der Waals surface area contributed by atoms with Crippen molar-refractivity contribution in [1.82, 2.24) is 9.97 Å². The summed E-state index contributed by atoms with van der Waals surface area (Å²) in [5.74, 6) is -0.742. The van der Waals surface area contributed by atoms with Gasteiger partial charge in [0.15, 0.2) is 17.5 Å². The molecule has 0 spiro atoms. The smallest absolute Gasteiger partial charge is 0.274 e. The van der Waals surface area contributed by atoms with Crippen molar-refractivity contribution in [2.75, 3.05) is 23.4 Å². The van der Waals surface area contributed by atoms with E-state index in [0.717, 1.165) is 30.8 Å². The number of carbonyl (C=O) groups is 1. The Kier molecular flexibility index (Phi) is 4.54. The first kappa shape index (κ1) is 18.8. The van der Waals surface area contributed by atoms with Crippen molar-refractivity contribution in [3.63, 3.8) is 0 Å². The molecule has 1 aromatic heterocycles. The van der Waals surface area contributed by atoms with E-state index in [0.29, 0.717) is 41.6 Å². The van der Waals surface area contributed by atoms with Crippen LogP contribution < -0.4 is 9.80 Å². The second-order valence-corrected chi connectivity index (χ2v) is 7.54. The number of rotatable bonds is 4. The Morgan fingerprint density at radius 2 is 2.10 bits per heavy atom. The Labute approximate surface area is 171 Å². The molecule has 30 heavy (non-hydrogen) atoms. The number of carbonyl (C=O) groups excluding carboxylic acids is 1. The highest BCUT2D eigenvalue weighted by atomic mass is 19.2. The molecule has 0 radical (unpaired) electrons. The van der Waals surface area contributed by atoms with Gasteiger partial charge in [-0.05, 0) is 24.1 Å². The van der Waals surface area contributed by atoms with Crippen LogP contribution in [0.25, 0.3) is 0 Å². The second-order valence-electron chi connectivity index (χ2n) is 7.54. The van der Waals surface area contributed by atoms with Gasteiger partial charge in [-0.15, -0.1) is 0 Å². The number of ether oxygens (including phenoxy) is 1. The fourth-order valence-electron chi connectivity index (χ4n) is 3.77. The van der Waals surface area contributed by atoms with Crippen LogP contribution in [0, 0.1) is 11.6 Å². The van der Waals surface area contributed by atoms with E-state index in [1.807, 2.05) is 11.0 Å². The van der Waals surface area contributed by atoms with E-state index in [1.54, 1.807) is 18.1 Å². The fraction of sp³-hybridized carbons (Fsp3) is 0.333. The topological polar surface area (TPSA) is 70.9 Å². The number of hydrogen-bond acceptors (Lipinski definition) is 6. The van der Waals surface area contributed by atoms with Gasteiger partial charge in [-0.3, -0.25) is 4.79 Å². The zero-order valence-corrected chi connectivity index (χ0v) is 16.3. The number of aromatic nitrogens is 2. The summed E-state index contributed by atoms with van der Waals surface area (Å²) in [6, 6.07) is 3.75. The van der Waals surface area contributed by atoms with Crippen LogP contribution in [0.4, 0.5) is 26.2 Å². The summed E-state index contributed by atoms with van der Waals surface area (Å²) in [5, 5.41) is 0. The third-order valence-electron chi connectivity index (χ3n) is 5.51. The first-order valence-corrected chi connectivity index (χ1v) is 9.74. The minimum Gasteiger partial charge on any atom is -0.373 e. The molecule has 5 rings (SSSR count). The molecule has 1 aliphatic carbocycles. The minimum atomic E-state index is -0.875. The zero-order valence-electron chi connectivity index (χ0n) is 16.3. The van der Waals surface area contributed by atoms with E-state index in [4.69, 9.17) is 4.74 Å². The molecule has 2 aromatic rings. The van der Waals surface area contributed by atoms with Gasteiger partial charge in [0.25, 0.3) is 11.9 Å². The number of likely N-dealkylation sites (N-methyl/N-ethyl adjacent to an activating group) is 1. The standard InChI is InChI=1S/C21H19F2N5O2/c1-27-18-10-24-21(26-19(18)28-6-2-3-17(28)20(27)29)25-13-8-14(9-13)30-11-12-4-5-15(22)16(23)7-12/h3-5,7,10,14H,2,6,8-9,11H2,1H3. The molecule has 1 fully saturated rings. The summed E-state index contributed by atoms with van der Waals surface area (Å²) in [7, 11) is 1.72. The number of amides is 1. The fourth-order valence-corrected chi connectivity index (χ4v) is 3.77. The third kappa shape index (κ3) is 3.24. The lowest BCUT2D eigenvalue weighted by Crippen LogP contribution is -2.40. The second kappa shape index (κ2) is 7.24. The highest BCUT2D eigenvalue weighted by Crippen LogP contribution is 2.38. The maximum atomic E-state index is 13.3. The monoisotopic (exact) mass is 411 g/mol. The van der Waals surface area contributed by atoms with Crippen LogP contribution in [0.3, 0.4) is 0 Å². The molecule has 1 saturated carbocycles. The highest BCUT2D eigenvalue weighted by molar-refractivity contribution is 6.12. The van der Waals surface area contributed by atoms with Gasteiger partial charge in [-0.25, -0.2) is 18.8 Å². The largest absolute Gasteiger partial charge is 0.373 e. The van der Waals surface area contributed by atoms with Gasteiger partial charge < -0.3 is 14.5 Å². The van der Waals surface area contributed by atoms with Crippen LogP contribution in [0.5, 0.6) is 0 Å². The van der Waals surface area contributed by atoms with Gasteiger partial charge in [0.2, 0.25) is 0 Å². The average molecular weight is 411 g/mol. The van der Waals surface area contributed by atoms with Gasteiger partial charge >= 0.3 is 0 Å². The Balaban J connectivity index is 1.24. The van der Waals surface area contributed by atoms with Crippen molar-refractivity contribution in [3.8, 4) is 0 Å². The lowest BCUT2D eigenvalue weighted by atomic mass is 9.93. The van der Waals surface area contributed by atoms with Crippen LogP contribution in [-0.2, 0) is 16.1 Å². The van der Waals surface area contributed by atoms with Crippen molar-refractivity contribution < 1.29 is 18.3 Å². The number of anilines is 2. The molecule has 154 valence electrons. The maximum Gasteiger partial charge on any atom is 0.274 e. The molecule has 0 N–H and O–H groups in total. The Hall–Kier alpha value is -3.20. The highest BCUT2D eigenvalue weighted by Gasteiger charge is 2.35. The summed E-state index contributed by atoms with van der Waals surface area (Å²) in [6.45, 7) is 0.934. The molecule has 0 unspecified atom stereocenters. The summed E-state index contributed by atoms with van der Waals surface area (Å²) in [4.78, 5) is 29.3. The van der Waals surface area contributed by atoms with Crippen molar-refractivity contribution in [2.45, 2.75) is 32.0 Å². The van der Waals surface area contributed by atoms with Crippen molar-refractivity contribution in [3.05, 3.63) is 53.4 Å². The first-order valence-electron chi connectivity index (χ1n) is 9.74. The Morgan fingerprint density at radius 3 is 2.90 bits per heavy atom. The molecule has 3 aliphatic rings. The third-order valence-corrected chi connectivity index (χ3v) is 5.51. The van der Waals surface area contributed by atoms with E-state index >= 15 is 0 Å². The van der Waals surface area contributed by atoms with Crippen LogP contribution in [0.15, 0.2) is 41.2 Å². The predicted octanol–water partition coefficient (Wildman–Crippen LogP) is 3.28. The van der Waals surface area contributed by atoms with Crippen LogP contribution >= 0.6 is 0 Å². The molecule has 9 heteroatoms. The zero-order chi connectivity index (χ0) is 20.8. The number of aliphatic imine (C=N–C) groups is 1. The number of benzene rings is 1. The molecule has 0 atom stereocenters. The summed E-state index contributed by atoms with van der Waals surface area (Å²) in [5.41, 5.74) is 2.83. The Morgan fingerprint density at radius 1 is 1.27 bits per heavy atom. The van der Waals surface area contributed by atoms with Crippen LogP contribution in [-0.4, -0.2) is 41.3 Å². The molecule has 2 aliphatic heterocycles. The molecule has 7 nitrogen and oxygen atoms in total. The summed E-state index contributed by atoms with van der Waals surface area (Å²) < 4.78 is 32.0. The normalized spacial score (nSPS) is 20.0. The molecule has 1 amide bonds. The van der Waals surface area contributed by atoms with Gasteiger partial charge in [-0.2, -0.15) is 4.98 Å². The van der Waals surface area contributed by atoms with E-state index in [-0.39, 0.29) is 18.6 Å². The van der Waals surface area contributed by atoms with Gasteiger partial charge in [0.05, 0.1) is 18.9 Å². The summed E-state index contributed by atoms with van der Waals surface area (Å²) >= 11 is 0. The van der Waals surface area contributed by atoms with Gasteiger partial charge in [0, 0.05) is 32.1 Å². The summed E-state index contributed by atoms with van der Waals surface area (Å²) in [6.07, 6.45) is 5.61. The molecule has 0 bridgehead atoms. The van der Waals surface area contributed by atoms with E-state index in [1.165, 1.54) is 6.07 Å². The average Bonchev–Trinajstić information content (AvgIpc) is 3.20. The molecule has 0 saturated heterocycles. The number of fused-ring (bicyclic) bond motifs is 3. The number of hydrogen-bond donors (Lipinski definition) is 0. The van der Waals surface area contributed by atoms with Crippen molar-refractivity contribution in [2.24, 2.45) is 4.99 Å². The minimum absolute atomic E-state index is 0.0219.